The third-order valence-electron chi connectivity index (χ3n) is 0.830. The molecule has 0 fully saturated rings. The van der Waals surface area contributed by atoms with Gasteiger partial charge in [-0.3, -0.25) is 4.55 Å². The van der Waals surface area contributed by atoms with Gasteiger partial charge in [-0.15, -0.1) is 12.6 Å². The standard InChI is InChI=1S/C4H9NO3S3/c1-3(5-4(9)10)2-11(6,7)8/h3H,2H2,1H3,(H2,5,9,10)(H,6,7,8). The smallest absolute Gasteiger partial charge is 0.266 e. The molecule has 0 rings (SSSR count). The minimum Gasteiger partial charge on any atom is -0.368 e. The Bertz CT molecular complexity index is 235. The van der Waals surface area contributed by atoms with Crippen LogP contribution in [-0.4, -0.2) is 29.1 Å². The van der Waals surface area contributed by atoms with Crippen molar-refractivity contribution >= 4 is 39.3 Å². The second-order valence-electron chi connectivity index (χ2n) is 2.10. The fraction of sp³-hybridized carbons (Fsp3) is 0.750. The van der Waals surface area contributed by atoms with Gasteiger partial charge >= 0.3 is 0 Å². The number of thiocarbonyl (C=S) groups is 1. The van der Waals surface area contributed by atoms with Crippen LogP contribution in [0.3, 0.4) is 0 Å². The number of hydrogen-bond acceptors (Lipinski definition) is 3. The average molecular weight is 215 g/mol. The Morgan fingerprint density at radius 1 is 1.82 bits per heavy atom. The molecule has 11 heavy (non-hydrogen) atoms. The van der Waals surface area contributed by atoms with Crippen LogP contribution < -0.4 is 5.32 Å². The molecule has 0 bridgehead atoms. The highest BCUT2D eigenvalue weighted by Gasteiger charge is 2.11. The van der Waals surface area contributed by atoms with Crippen molar-refractivity contribution in [1.29, 1.82) is 0 Å². The molecule has 0 radical (unpaired) electrons. The lowest BCUT2D eigenvalue weighted by Crippen LogP contribution is -2.34. The Balaban J connectivity index is 3.89. The van der Waals surface area contributed by atoms with Crippen molar-refractivity contribution in [3.8, 4) is 0 Å². The summed E-state index contributed by atoms with van der Waals surface area (Å²) in [6.07, 6.45) is 0. The minimum absolute atomic E-state index is 0.209. The summed E-state index contributed by atoms with van der Waals surface area (Å²) in [7, 11) is -3.93. The lowest BCUT2D eigenvalue weighted by atomic mass is 10.4. The first-order valence-electron chi connectivity index (χ1n) is 2.76. The van der Waals surface area contributed by atoms with Crippen molar-refractivity contribution in [1.82, 2.24) is 5.32 Å². The van der Waals surface area contributed by atoms with Crippen LogP contribution in [0.15, 0.2) is 0 Å². The fourth-order valence-electron chi connectivity index (χ4n) is 0.568. The first-order valence-corrected chi connectivity index (χ1v) is 5.22. The van der Waals surface area contributed by atoms with Gasteiger partial charge in [0.05, 0.1) is 5.75 Å². The quantitative estimate of drug-likeness (QED) is 0.353. The number of nitrogens with one attached hydrogen (secondary N) is 1. The zero-order chi connectivity index (χ0) is 9.07. The maximum absolute atomic E-state index is 10.3. The number of rotatable bonds is 3. The van der Waals surface area contributed by atoms with Crippen molar-refractivity contribution < 1.29 is 13.0 Å². The highest BCUT2D eigenvalue weighted by molar-refractivity contribution is 8.11. The first-order chi connectivity index (χ1) is 4.81. The number of hydrogen-bond donors (Lipinski definition) is 3. The summed E-state index contributed by atoms with van der Waals surface area (Å²) in [4.78, 5) is 0. The highest BCUT2D eigenvalue weighted by atomic mass is 32.2. The zero-order valence-electron chi connectivity index (χ0n) is 5.81. The van der Waals surface area contributed by atoms with Crippen LogP contribution in [0, 0.1) is 0 Å². The molecule has 7 heteroatoms. The van der Waals surface area contributed by atoms with E-state index < -0.39 is 16.2 Å². The van der Waals surface area contributed by atoms with E-state index in [1.807, 2.05) is 0 Å². The van der Waals surface area contributed by atoms with E-state index in [0.717, 1.165) is 0 Å². The summed E-state index contributed by atoms with van der Waals surface area (Å²) in [6.45, 7) is 1.58. The van der Waals surface area contributed by atoms with Crippen LogP contribution in [0.25, 0.3) is 0 Å². The Morgan fingerprint density at radius 3 is 2.55 bits per heavy atom. The van der Waals surface area contributed by atoms with Crippen LogP contribution in [0.2, 0.25) is 0 Å². The molecule has 66 valence electrons. The van der Waals surface area contributed by atoms with Crippen LogP contribution >= 0.6 is 24.8 Å². The van der Waals surface area contributed by atoms with Crippen LogP contribution in [0.4, 0.5) is 0 Å². The van der Waals surface area contributed by atoms with E-state index in [2.05, 4.69) is 30.2 Å². The average Bonchev–Trinajstić information content (AvgIpc) is 1.53. The lowest BCUT2D eigenvalue weighted by molar-refractivity contribution is 0.476. The Labute approximate surface area is 76.5 Å². The number of thiol groups is 1. The molecular weight excluding hydrogens is 206 g/mol. The molecule has 0 aromatic rings. The maximum atomic E-state index is 10.3. The van der Waals surface area contributed by atoms with Crippen molar-refractivity contribution in [2.24, 2.45) is 0 Å². The van der Waals surface area contributed by atoms with E-state index in [4.69, 9.17) is 4.55 Å². The molecule has 0 heterocycles. The van der Waals surface area contributed by atoms with Gasteiger partial charge in [0.25, 0.3) is 10.1 Å². The molecule has 1 unspecified atom stereocenters. The molecule has 0 saturated carbocycles. The van der Waals surface area contributed by atoms with E-state index >= 15 is 0 Å². The van der Waals surface area contributed by atoms with Crippen molar-refractivity contribution in [3.05, 3.63) is 0 Å². The summed E-state index contributed by atoms with van der Waals surface area (Å²) in [5, 5.41) is 2.56. The lowest BCUT2D eigenvalue weighted by Gasteiger charge is -2.10. The fourth-order valence-corrected chi connectivity index (χ4v) is 1.71. The highest BCUT2D eigenvalue weighted by Crippen LogP contribution is 1.91. The Morgan fingerprint density at radius 2 is 2.27 bits per heavy atom. The minimum atomic E-state index is -3.93. The van der Waals surface area contributed by atoms with E-state index in [9.17, 15) is 8.42 Å². The predicted octanol–water partition coefficient (Wildman–Crippen LogP) is 0.0670. The SMILES string of the molecule is CC(CS(=O)(=O)O)NC(=S)S. The van der Waals surface area contributed by atoms with Crippen molar-refractivity contribution in [2.45, 2.75) is 13.0 Å². The van der Waals surface area contributed by atoms with E-state index in [-0.39, 0.29) is 10.1 Å². The van der Waals surface area contributed by atoms with E-state index in [1.54, 1.807) is 6.92 Å². The summed E-state index contributed by atoms with van der Waals surface area (Å²) < 4.78 is 29.1. The Kier molecular flexibility index (Phi) is 4.30. The molecule has 1 atom stereocenters. The van der Waals surface area contributed by atoms with Gasteiger partial charge in [-0.2, -0.15) is 8.42 Å². The third kappa shape index (κ3) is 8.05. The molecule has 0 aromatic heterocycles. The van der Waals surface area contributed by atoms with Crippen molar-refractivity contribution in [2.75, 3.05) is 5.75 Å². The second-order valence-corrected chi connectivity index (χ2v) is 4.75. The summed E-state index contributed by atoms with van der Waals surface area (Å²) in [5.74, 6) is -0.367. The molecule has 0 aliphatic carbocycles. The van der Waals surface area contributed by atoms with Gasteiger partial charge in [0, 0.05) is 6.04 Å². The molecule has 0 aliphatic rings. The van der Waals surface area contributed by atoms with Gasteiger partial charge in [-0.05, 0) is 6.92 Å². The van der Waals surface area contributed by atoms with E-state index in [1.165, 1.54) is 0 Å². The third-order valence-corrected chi connectivity index (χ3v) is 2.00. The largest absolute Gasteiger partial charge is 0.368 e. The molecular formula is C4H9NO3S3. The van der Waals surface area contributed by atoms with Gasteiger partial charge in [0.2, 0.25) is 0 Å². The molecule has 0 aliphatic heterocycles. The maximum Gasteiger partial charge on any atom is 0.266 e. The first kappa shape index (κ1) is 11.2. The van der Waals surface area contributed by atoms with Gasteiger partial charge in [-0.25, -0.2) is 0 Å². The summed E-state index contributed by atoms with van der Waals surface area (Å²) in [5.41, 5.74) is 0. The van der Waals surface area contributed by atoms with Gasteiger partial charge in [0.1, 0.15) is 4.32 Å². The van der Waals surface area contributed by atoms with Crippen molar-refractivity contribution in [3.63, 3.8) is 0 Å². The molecule has 0 saturated heterocycles. The van der Waals surface area contributed by atoms with Crippen LogP contribution in [0.5, 0.6) is 0 Å². The zero-order valence-corrected chi connectivity index (χ0v) is 8.34. The molecule has 0 spiro atoms. The van der Waals surface area contributed by atoms with Crippen LogP contribution in [0.1, 0.15) is 6.92 Å². The van der Waals surface area contributed by atoms with Gasteiger partial charge in [-0.1, -0.05) is 12.2 Å². The topological polar surface area (TPSA) is 66.4 Å². The summed E-state index contributed by atoms with van der Waals surface area (Å²) >= 11 is 8.27. The molecule has 0 amide bonds. The van der Waals surface area contributed by atoms with Gasteiger partial charge in [0.15, 0.2) is 0 Å². The Hall–Kier alpha value is 0.150. The molecule has 0 aromatic carbocycles. The monoisotopic (exact) mass is 215 g/mol. The van der Waals surface area contributed by atoms with Gasteiger partial charge < -0.3 is 5.32 Å². The predicted molar refractivity (Wildman–Crippen MR) is 50.6 cm³/mol. The van der Waals surface area contributed by atoms with Crippen LogP contribution in [-0.2, 0) is 10.1 Å². The van der Waals surface area contributed by atoms with E-state index in [0.29, 0.717) is 0 Å². The second kappa shape index (κ2) is 4.24. The molecule has 2 N–H and O–H groups in total. The normalized spacial score (nSPS) is 14.1. The molecule has 4 nitrogen and oxygen atoms in total. The summed E-state index contributed by atoms with van der Waals surface area (Å²) in [6, 6.07) is -0.421.